The monoisotopic (exact) mass is 1040 g/mol. The highest BCUT2D eigenvalue weighted by Crippen LogP contribution is 2.44. The zero-order valence-electron chi connectivity index (χ0n) is 38.7. The van der Waals surface area contributed by atoms with E-state index in [1.165, 1.54) is 29.0 Å². The molecule has 0 bridgehead atoms. The van der Waals surface area contributed by atoms with E-state index in [2.05, 4.69) is 55.4 Å². The van der Waals surface area contributed by atoms with E-state index in [9.17, 15) is 39.0 Å². The molecule has 2 aliphatic carbocycles. The number of pyridine rings is 1. The number of carbonyl (C=O) groups excluding carboxylic acids is 1. The molecule has 5 aromatic rings. The number of nitrogens with zero attached hydrogens (tertiary/aromatic N) is 4. The number of carbonyl (C=O) groups is 1. The van der Waals surface area contributed by atoms with Gasteiger partial charge in [-0.2, -0.15) is 13.2 Å². The number of benzene rings is 3. The summed E-state index contributed by atoms with van der Waals surface area (Å²) in [5.74, 6) is -0.437. The summed E-state index contributed by atoms with van der Waals surface area (Å²) in [6.07, 6.45) is 8.94. The van der Waals surface area contributed by atoms with E-state index >= 15 is 0 Å². The molecule has 70 heavy (non-hydrogen) atoms. The van der Waals surface area contributed by atoms with Crippen molar-refractivity contribution in [2.45, 2.75) is 80.1 Å². The summed E-state index contributed by atoms with van der Waals surface area (Å²) in [5.41, 5.74) is -1.03. The summed E-state index contributed by atoms with van der Waals surface area (Å²) in [5, 5.41) is 4.17. The number of aromatic amines is 1. The maximum absolute atomic E-state index is 14.1. The van der Waals surface area contributed by atoms with Gasteiger partial charge in [0, 0.05) is 88.9 Å². The van der Waals surface area contributed by atoms with Gasteiger partial charge in [-0.05, 0) is 122 Å². The van der Waals surface area contributed by atoms with Gasteiger partial charge in [-0.1, -0.05) is 43.2 Å². The quantitative estimate of drug-likeness (QED) is 0.0963. The van der Waals surface area contributed by atoms with Crippen LogP contribution in [0, 0.1) is 11.3 Å². The van der Waals surface area contributed by atoms with Crippen LogP contribution in [-0.4, -0.2) is 104 Å². The largest absolute Gasteiger partial charge is 0.501 e. The van der Waals surface area contributed by atoms with Gasteiger partial charge in [-0.25, -0.2) is 35.1 Å². The van der Waals surface area contributed by atoms with Gasteiger partial charge < -0.3 is 19.9 Å². The number of halogens is 4. The number of nitrogens with one attached hydrogen (secondary N) is 3. The third-order valence-electron chi connectivity index (χ3n) is 13.6. The van der Waals surface area contributed by atoms with Crippen molar-refractivity contribution in [2.24, 2.45) is 15.7 Å². The van der Waals surface area contributed by atoms with Crippen LogP contribution >= 0.6 is 11.6 Å². The summed E-state index contributed by atoms with van der Waals surface area (Å²) >= 11 is 6.24. The van der Waals surface area contributed by atoms with Crippen LogP contribution in [0.15, 0.2) is 105 Å². The van der Waals surface area contributed by atoms with E-state index in [1.54, 1.807) is 30.5 Å². The van der Waals surface area contributed by atoms with Gasteiger partial charge in [-0.15, -0.1) is 0 Å². The Morgan fingerprint density at radius 3 is 2.39 bits per heavy atom. The molecule has 21 heteroatoms. The molecule has 2 aliphatic heterocycles. The van der Waals surface area contributed by atoms with Gasteiger partial charge in [-0.3, -0.25) is 9.69 Å². The smallest absolute Gasteiger partial charge is 0.455 e. The van der Waals surface area contributed by atoms with Crippen molar-refractivity contribution in [3.05, 3.63) is 107 Å². The second-order valence-corrected chi connectivity index (χ2v) is 26.0. The number of amides is 1. The first-order valence-electron chi connectivity index (χ1n) is 23.3. The Bertz CT molecular complexity index is 3180. The zero-order chi connectivity index (χ0) is 49.6. The molecule has 0 radical (unpaired) electrons. The Morgan fingerprint density at radius 1 is 0.957 bits per heavy atom. The van der Waals surface area contributed by atoms with Gasteiger partial charge in [0.15, 0.2) is 0 Å². The average Bonchev–Trinajstić information content (AvgIpc) is 4.00. The fourth-order valence-corrected chi connectivity index (χ4v) is 14.1. The number of H-pyrrole nitrogens is 1. The molecule has 0 unspecified atom stereocenters. The van der Waals surface area contributed by atoms with E-state index in [4.69, 9.17) is 16.3 Å². The molecule has 2 aromatic heterocycles. The molecule has 374 valence electrons. The maximum atomic E-state index is 14.1. The predicted octanol–water partition coefficient (Wildman–Crippen LogP) is 9.66. The van der Waals surface area contributed by atoms with Crippen molar-refractivity contribution >= 4 is 75.1 Å². The SMILES string of the molecule is CC1(C)CCC(CN2CCN(c3ccc(C(=O)NS(=O)(=O)c4ccc(NCC5CCS(=O)(=NC6CC6)CC5)c(S(=O)(=O)C(F)(F)F)c4)c(Oc4cnc5[nH]ccc5c4)c3)CC2)=C(c2ccc(Cl)cc2)C1. The Labute approximate surface area is 411 Å². The number of fused-ring (bicyclic) bond motifs is 1. The number of alkyl halides is 3. The topological polar surface area (TPSA) is 183 Å². The average molecular weight is 1040 g/mol. The van der Waals surface area contributed by atoms with Crippen LogP contribution in [0.4, 0.5) is 24.5 Å². The first-order chi connectivity index (χ1) is 33.1. The summed E-state index contributed by atoms with van der Waals surface area (Å²) in [4.78, 5) is 23.8. The molecule has 14 nitrogen and oxygen atoms in total. The lowest BCUT2D eigenvalue weighted by Crippen LogP contribution is -2.47. The highest BCUT2D eigenvalue weighted by molar-refractivity contribution is 7.93. The van der Waals surface area contributed by atoms with Crippen LogP contribution in [0.2, 0.25) is 5.02 Å². The molecular weight excluding hydrogens is 987 g/mol. The second kappa shape index (κ2) is 19.5. The molecule has 3 N–H and O–H groups in total. The lowest BCUT2D eigenvalue weighted by atomic mass is 9.72. The molecule has 4 aliphatic rings. The Balaban J connectivity index is 0.938. The number of sulfonamides is 1. The molecule has 1 amide bonds. The Hall–Kier alpha value is -5.15. The third-order valence-corrected chi connectivity index (χ3v) is 19.1. The first-order valence-corrected chi connectivity index (χ1v) is 28.5. The molecule has 3 fully saturated rings. The molecule has 0 spiro atoms. The normalized spacial score (nSPS) is 21.4. The second-order valence-electron chi connectivity index (χ2n) is 19.4. The minimum atomic E-state index is -6.09. The fourth-order valence-electron chi connectivity index (χ4n) is 9.34. The highest BCUT2D eigenvalue weighted by atomic mass is 35.5. The Kier molecular flexibility index (Phi) is 13.8. The number of aromatic nitrogens is 2. The van der Waals surface area contributed by atoms with Crippen molar-refractivity contribution in [1.29, 1.82) is 0 Å². The van der Waals surface area contributed by atoms with Crippen LogP contribution in [0.25, 0.3) is 16.6 Å². The summed E-state index contributed by atoms with van der Waals surface area (Å²) in [6, 6.07) is 18.6. The number of hydrogen-bond acceptors (Lipinski definition) is 12. The van der Waals surface area contributed by atoms with Gasteiger partial charge in [0.2, 0.25) is 0 Å². The van der Waals surface area contributed by atoms with Crippen LogP contribution in [0.5, 0.6) is 11.5 Å². The van der Waals surface area contributed by atoms with Crippen molar-refractivity contribution in [3.8, 4) is 11.5 Å². The minimum Gasteiger partial charge on any atom is -0.455 e. The van der Waals surface area contributed by atoms with Crippen molar-refractivity contribution in [3.63, 3.8) is 0 Å². The maximum Gasteiger partial charge on any atom is 0.501 e. The number of rotatable bonds is 14. The predicted molar refractivity (Wildman–Crippen MR) is 266 cm³/mol. The highest BCUT2D eigenvalue weighted by Gasteiger charge is 2.48. The van der Waals surface area contributed by atoms with Gasteiger partial charge in [0.25, 0.3) is 25.8 Å². The zero-order valence-corrected chi connectivity index (χ0v) is 41.9. The van der Waals surface area contributed by atoms with Gasteiger partial charge >= 0.3 is 5.51 Å². The number of allylic oxidation sites excluding steroid dienone is 1. The van der Waals surface area contributed by atoms with Crippen LogP contribution in [-0.2, 0) is 29.6 Å². The number of hydrogen-bond donors (Lipinski definition) is 3. The molecule has 9 rings (SSSR count). The lowest BCUT2D eigenvalue weighted by molar-refractivity contribution is -0.0435. The minimum absolute atomic E-state index is 0.0217. The molecule has 2 saturated heterocycles. The van der Waals surface area contributed by atoms with Crippen LogP contribution < -0.4 is 19.7 Å². The summed E-state index contributed by atoms with van der Waals surface area (Å²) < 4.78 is 122. The summed E-state index contributed by atoms with van der Waals surface area (Å²) in [6.45, 7) is 8.23. The summed E-state index contributed by atoms with van der Waals surface area (Å²) in [7, 11) is -13.4. The van der Waals surface area contributed by atoms with E-state index in [0.29, 0.717) is 65.2 Å². The molecule has 0 atom stereocenters. The van der Waals surface area contributed by atoms with E-state index in [-0.39, 0.29) is 41.0 Å². The number of piperazine rings is 1. The first kappa shape index (κ1) is 49.8. The number of sulfone groups is 1. The standard InChI is InChI=1S/C49H55ClF3N7O7S3/c1-48(2)17-13-35(42(28-48)33-3-5-36(50)6-4-33)31-59-19-21-60(22-20-59)38-9-11-41(44(26-38)67-39-25-34-14-18-54-46(34)56-30-39)47(61)58-70(65,66)40-10-12-43(45(27-40)69(63,64)49(51,52)53)55-29-32-15-23-68(62,24-16-32)57-37-7-8-37/h3-6,9-12,14,18,25-27,30,32,37,55H,7-8,13,15-17,19-24,28-29,31H2,1-2H3,(H,54,56)(H,58,61). The van der Waals surface area contributed by atoms with E-state index in [0.717, 1.165) is 63.9 Å². The van der Waals surface area contributed by atoms with Crippen LogP contribution in [0.1, 0.15) is 74.7 Å². The fraction of sp³-hybridized carbons (Fsp3) is 0.429. The van der Waals surface area contributed by atoms with Crippen molar-refractivity contribution in [1.82, 2.24) is 19.6 Å². The molecule has 4 heterocycles. The number of ether oxygens (including phenoxy) is 1. The van der Waals surface area contributed by atoms with E-state index in [1.807, 2.05) is 16.9 Å². The van der Waals surface area contributed by atoms with E-state index < -0.39 is 56.5 Å². The number of anilines is 2. The lowest BCUT2D eigenvalue weighted by Gasteiger charge is -2.39. The molecule has 3 aromatic carbocycles. The van der Waals surface area contributed by atoms with Gasteiger partial charge in [0.1, 0.15) is 22.0 Å². The van der Waals surface area contributed by atoms with Gasteiger partial charge in [0.05, 0.1) is 28.4 Å². The third kappa shape index (κ3) is 11.3. The molecule has 1 saturated carbocycles. The van der Waals surface area contributed by atoms with Crippen molar-refractivity contribution < 1.29 is 43.7 Å². The van der Waals surface area contributed by atoms with Crippen LogP contribution in [0.3, 0.4) is 0 Å². The molecular formula is C49H55ClF3N7O7S3. The van der Waals surface area contributed by atoms with Crippen molar-refractivity contribution in [2.75, 3.05) is 61.0 Å². The Morgan fingerprint density at radius 2 is 1.69 bits per heavy atom.